The SMILES string of the molecule is Cc1ccc(N=Nc2c(O)c(S(=O)(=O)O)cc3cc(S(=O)(=O)O)ccc23)cc1. The molecule has 0 amide bonds. The first-order valence-electron chi connectivity index (χ1n) is 7.70. The molecular formula is C17H14N2O7S2. The second-order valence-electron chi connectivity index (χ2n) is 5.94. The highest BCUT2D eigenvalue weighted by atomic mass is 32.2. The van der Waals surface area contributed by atoms with E-state index in [1.165, 1.54) is 6.07 Å². The molecule has 3 aromatic carbocycles. The summed E-state index contributed by atoms with van der Waals surface area (Å²) in [6.07, 6.45) is 0. The third-order valence-corrected chi connectivity index (χ3v) is 5.61. The maximum Gasteiger partial charge on any atom is 0.298 e. The van der Waals surface area contributed by atoms with Gasteiger partial charge in [0.15, 0.2) is 5.75 Å². The summed E-state index contributed by atoms with van der Waals surface area (Å²) in [5, 5.41) is 18.3. The predicted octanol–water partition coefficient (Wildman–Crippen LogP) is 3.76. The first kappa shape index (κ1) is 19.9. The van der Waals surface area contributed by atoms with Crippen LogP contribution in [0.25, 0.3) is 10.8 Å². The maximum atomic E-state index is 11.6. The number of aromatic hydroxyl groups is 1. The van der Waals surface area contributed by atoms with Gasteiger partial charge in [0.2, 0.25) is 0 Å². The standard InChI is InChI=1S/C17H14N2O7S2/c1-10-2-4-12(5-3-10)18-19-16-14-7-6-13(27(21,22)23)8-11(14)9-15(17(16)20)28(24,25)26/h2-9,20H,1H3,(H,21,22,23)(H,24,25,26). The quantitative estimate of drug-likeness (QED) is 0.427. The summed E-state index contributed by atoms with van der Waals surface area (Å²) in [6.45, 7) is 1.88. The summed E-state index contributed by atoms with van der Waals surface area (Å²) >= 11 is 0. The van der Waals surface area contributed by atoms with Gasteiger partial charge in [-0.2, -0.15) is 21.9 Å². The van der Waals surface area contributed by atoms with Gasteiger partial charge in [-0.15, -0.1) is 5.11 Å². The number of hydrogen-bond acceptors (Lipinski definition) is 7. The summed E-state index contributed by atoms with van der Waals surface area (Å²) in [4.78, 5) is -1.36. The molecule has 0 aliphatic rings. The Morgan fingerprint density at radius 1 is 0.821 bits per heavy atom. The average molecular weight is 422 g/mol. The van der Waals surface area contributed by atoms with Crippen molar-refractivity contribution in [3.05, 3.63) is 54.1 Å². The Labute approximate surface area is 160 Å². The Kier molecular flexibility index (Phi) is 4.93. The smallest absolute Gasteiger partial charge is 0.298 e. The molecule has 3 N–H and O–H groups in total. The van der Waals surface area contributed by atoms with Gasteiger partial charge < -0.3 is 5.11 Å². The molecule has 3 aromatic rings. The fraction of sp³-hybridized carbons (Fsp3) is 0.0588. The zero-order valence-corrected chi connectivity index (χ0v) is 15.9. The zero-order valence-electron chi connectivity index (χ0n) is 14.3. The van der Waals surface area contributed by atoms with Gasteiger partial charge in [0, 0.05) is 5.39 Å². The lowest BCUT2D eigenvalue weighted by atomic mass is 10.1. The average Bonchev–Trinajstić information content (AvgIpc) is 2.60. The normalized spacial score (nSPS) is 12.7. The maximum absolute atomic E-state index is 11.6. The summed E-state index contributed by atoms with van der Waals surface area (Å²) in [5.41, 5.74) is 1.12. The Balaban J connectivity index is 2.29. The van der Waals surface area contributed by atoms with E-state index in [-0.39, 0.29) is 16.5 Å². The van der Waals surface area contributed by atoms with Crippen molar-refractivity contribution in [2.45, 2.75) is 16.7 Å². The largest absolute Gasteiger partial charge is 0.504 e. The minimum Gasteiger partial charge on any atom is -0.504 e. The third-order valence-electron chi connectivity index (χ3n) is 3.90. The lowest BCUT2D eigenvalue weighted by molar-refractivity contribution is 0.445. The monoisotopic (exact) mass is 422 g/mol. The van der Waals surface area contributed by atoms with Crippen molar-refractivity contribution in [1.82, 2.24) is 0 Å². The van der Waals surface area contributed by atoms with E-state index in [2.05, 4.69) is 10.2 Å². The molecule has 0 aliphatic heterocycles. The fourth-order valence-electron chi connectivity index (χ4n) is 2.51. The van der Waals surface area contributed by atoms with Gasteiger partial charge >= 0.3 is 0 Å². The lowest BCUT2D eigenvalue weighted by Gasteiger charge is -2.09. The first-order valence-corrected chi connectivity index (χ1v) is 10.6. The molecule has 0 bridgehead atoms. The van der Waals surface area contributed by atoms with Crippen molar-refractivity contribution in [2.24, 2.45) is 10.2 Å². The molecule has 3 rings (SSSR count). The molecule has 0 radical (unpaired) electrons. The van der Waals surface area contributed by atoms with Gasteiger partial charge in [0.1, 0.15) is 10.6 Å². The highest BCUT2D eigenvalue weighted by Gasteiger charge is 2.22. The molecule has 0 aromatic heterocycles. The van der Waals surface area contributed by atoms with Gasteiger partial charge in [0.05, 0.1) is 10.6 Å². The van der Waals surface area contributed by atoms with Crippen LogP contribution in [0.3, 0.4) is 0 Å². The van der Waals surface area contributed by atoms with Crippen molar-refractivity contribution in [3.8, 4) is 5.75 Å². The number of aryl methyl sites for hydroxylation is 1. The van der Waals surface area contributed by atoms with Crippen molar-refractivity contribution in [3.63, 3.8) is 0 Å². The number of rotatable bonds is 4. The van der Waals surface area contributed by atoms with E-state index >= 15 is 0 Å². The van der Waals surface area contributed by atoms with Crippen LogP contribution in [0, 0.1) is 6.92 Å². The molecule has 0 atom stereocenters. The van der Waals surface area contributed by atoms with Crippen LogP contribution in [0.4, 0.5) is 11.4 Å². The molecule has 0 unspecified atom stereocenters. The van der Waals surface area contributed by atoms with E-state index in [1.807, 2.05) is 6.92 Å². The molecule has 11 heteroatoms. The van der Waals surface area contributed by atoms with Crippen LogP contribution in [0.5, 0.6) is 5.75 Å². The lowest BCUT2D eigenvalue weighted by Crippen LogP contribution is -2.00. The Morgan fingerprint density at radius 2 is 1.46 bits per heavy atom. The van der Waals surface area contributed by atoms with Gasteiger partial charge in [0.25, 0.3) is 20.2 Å². The molecular weight excluding hydrogens is 408 g/mol. The molecule has 0 saturated heterocycles. The van der Waals surface area contributed by atoms with Crippen LogP contribution < -0.4 is 0 Å². The molecule has 9 nitrogen and oxygen atoms in total. The first-order chi connectivity index (χ1) is 13.0. The second-order valence-corrected chi connectivity index (χ2v) is 8.75. The van der Waals surface area contributed by atoms with E-state index in [0.717, 1.165) is 23.8 Å². The summed E-state index contributed by atoms with van der Waals surface area (Å²) < 4.78 is 64.4. The molecule has 0 spiro atoms. The van der Waals surface area contributed by atoms with E-state index in [4.69, 9.17) is 0 Å². The second kappa shape index (κ2) is 6.95. The number of phenols is 1. The molecule has 146 valence electrons. The van der Waals surface area contributed by atoms with Crippen molar-refractivity contribution in [1.29, 1.82) is 0 Å². The molecule has 0 fully saturated rings. The summed E-state index contributed by atoms with van der Waals surface area (Å²) in [6, 6.07) is 11.0. The van der Waals surface area contributed by atoms with E-state index in [9.17, 15) is 31.0 Å². The molecule has 28 heavy (non-hydrogen) atoms. The van der Waals surface area contributed by atoms with Crippen LogP contribution in [0.1, 0.15) is 5.56 Å². The van der Waals surface area contributed by atoms with Crippen molar-refractivity contribution in [2.75, 3.05) is 0 Å². The van der Waals surface area contributed by atoms with E-state index in [1.54, 1.807) is 24.3 Å². The fourth-order valence-corrected chi connectivity index (χ4v) is 3.64. The van der Waals surface area contributed by atoms with Gasteiger partial charge in [-0.25, -0.2) is 0 Å². The summed E-state index contributed by atoms with van der Waals surface area (Å²) in [7, 11) is -9.40. The number of phenolic OH excluding ortho intramolecular Hbond substituents is 1. The Bertz CT molecular complexity index is 1310. The highest BCUT2D eigenvalue weighted by molar-refractivity contribution is 7.86. The Morgan fingerprint density at radius 3 is 2.04 bits per heavy atom. The minimum absolute atomic E-state index is 0.00148. The van der Waals surface area contributed by atoms with Crippen LogP contribution in [-0.4, -0.2) is 31.0 Å². The zero-order chi connectivity index (χ0) is 20.7. The predicted molar refractivity (Wildman–Crippen MR) is 101 cm³/mol. The van der Waals surface area contributed by atoms with Crippen molar-refractivity contribution >= 4 is 42.4 Å². The van der Waals surface area contributed by atoms with Crippen LogP contribution in [-0.2, 0) is 20.2 Å². The van der Waals surface area contributed by atoms with Gasteiger partial charge in [-0.05, 0) is 42.6 Å². The number of hydrogen-bond donors (Lipinski definition) is 3. The van der Waals surface area contributed by atoms with E-state index < -0.39 is 35.8 Å². The third kappa shape index (κ3) is 4.02. The number of fused-ring (bicyclic) bond motifs is 1. The van der Waals surface area contributed by atoms with Crippen LogP contribution in [0.15, 0.2) is 68.6 Å². The van der Waals surface area contributed by atoms with Gasteiger partial charge in [-0.1, -0.05) is 23.8 Å². The van der Waals surface area contributed by atoms with Crippen LogP contribution >= 0.6 is 0 Å². The van der Waals surface area contributed by atoms with Gasteiger partial charge in [-0.3, -0.25) is 9.11 Å². The molecule has 0 heterocycles. The van der Waals surface area contributed by atoms with E-state index in [0.29, 0.717) is 5.69 Å². The summed E-state index contributed by atoms with van der Waals surface area (Å²) in [5.74, 6) is -0.842. The minimum atomic E-state index is -4.85. The Hall–Kier alpha value is -2.86. The molecule has 0 saturated carbocycles. The highest BCUT2D eigenvalue weighted by Crippen LogP contribution is 2.41. The van der Waals surface area contributed by atoms with Crippen molar-refractivity contribution < 1.29 is 31.0 Å². The number of azo groups is 1. The molecule has 0 aliphatic carbocycles. The number of benzene rings is 3. The topological polar surface area (TPSA) is 154 Å². The van der Waals surface area contributed by atoms with Crippen LogP contribution in [0.2, 0.25) is 0 Å². The number of nitrogens with zero attached hydrogens (tertiary/aromatic N) is 2.